The molecule has 0 saturated carbocycles. The third-order valence-corrected chi connectivity index (χ3v) is 4.81. The predicted molar refractivity (Wildman–Crippen MR) is 93.6 cm³/mol. The number of nitrogens with zero attached hydrogens (tertiary/aromatic N) is 3. The molecule has 1 aromatic heterocycles. The fourth-order valence-corrected chi connectivity index (χ4v) is 3.56. The summed E-state index contributed by atoms with van der Waals surface area (Å²) in [5.41, 5.74) is 1.14. The number of fused-ring (bicyclic) bond motifs is 1. The average Bonchev–Trinajstić information content (AvgIpc) is 2.68. The number of benzene rings is 1. The summed E-state index contributed by atoms with van der Waals surface area (Å²) in [5.74, 6) is -0.979. The van der Waals surface area contributed by atoms with Gasteiger partial charge in [-0.15, -0.1) is 0 Å². The number of amides is 1. The van der Waals surface area contributed by atoms with Crippen LogP contribution in [-0.2, 0) is 11.2 Å². The van der Waals surface area contributed by atoms with Gasteiger partial charge in [-0.25, -0.2) is 13.8 Å². The lowest BCUT2D eigenvalue weighted by molar-refractivity contribution is 0.0982. The molecular formula is C19H19F2N3O2. The van der Waals surface area contributed by atoms with Gasteiger partial charge in [0.25, 0.3) is 5.91 Å². The van der Waals surface area contributed by atoms with Crippen LogP contribution >= 0.6 is 0 Å². The van der Waals surface area contributed by atoms with Crippen LogP contribution in [0.1, 0.15) is 22.3 Å². The van der Waals surface area contributed by atoms with E-state index in [-0.39, 0.29) is 5.91 Å². The number of carbonyl (C=O) groups excluding carboxylic acids is 1. The highest BCUT2D eigenvalue weighted by Gasteiger charge is 2.29. The van der Waals surface area contributed by atoms with Crippen LogP contribution in [0.15, 0.2) is 30.5 Å². The maximum absolute atomic E-state index is 14.1. The van der Waals surface area contributed by atoms with Gasteiger partial charge in [-0.1, -0.05) is 0 Å². The van der Waals surface area contributed by atoms with E-state index in [1.54, 1.807) is 18.3 Å². The number of pyridine rings is 1. The Bertz CT molecular complexity index is 838. The standard InChI is InChI=1S/C19H19F2N3O2/c20-13-11-16(21)14-4-2-6-24(17(14)12-13)19(25)15-3-1-5-22-18(15)23-7-9-26-10-8-23/h1,3,5,11-12H,2,4,6-10H2. The quantitative estimate of drug-likeness (QED) is 0.827. The van der Waals surface area contributed by atoms with Crippen LogP contribution in [0.2, 0.25) is 0 Å². The normalized spacial score (nSPS) is 17.2. The lowest BCUT2D eigenvalue weighted by atomic mass is 10.00. The van der Waals surface area contributed by atoms with Gasteiger partial charge in [0.1, 0.15) is 17.5 Å². The number of aromatic nitrogens is 1. The summed E-state index contributed by atoms with van der Waals surface area (Å²) >= 11 is 0. The summed E-state index contributed by atoms with van der Waals surface area (Å²) in [7, 11) is 0. The number of rotatable bonds is 2. The molecule has 5 nitrogen and oxygen atoms in total. The smallest absolute Gasteiger partial charge is 0.262 e. The third-order valence-electron chi connectivity index (χ3n) is 4.81. The van der Waals surface area contributed by atoms with Crippen molar-refractivity contribution in [1.82, 2.24) is 4.98 Å². The Morgan fingerprint density at radius 3 is 2.77 bits per heavy atom. The predicted octanol–water partition coefficient (Wildman–Crippen LogP) is 2.79. The van der Waals surface area contributed by atoms with E-state index in [9.17, 15) is 13.6 Å². The molecule has 2 aliphatic rings. The van der Waals surface area contributed by atoms with E-state index in [4.69, 9.17) is 4.74 Å². The summed E-state index contributed by atoms with van der Waals surface area (Å²) in [6.07, 6.45) is 2.77. The van der Waals surface area contributed by atoms with Crippen molar-refractivity contribution in [3.8, 4) is 0 Å². The van der Waals surface area contributed by atoms with E-state index in [1.807, 2.05) is 4.90 Å². The molecule has 1 saturated heterocycles. The fourth-order valence-electron chi connectivity index (χ4n) is 3.56. The average molecular weight is 359 g/mol. The Morgan fingerprint density at radius 1 is 1.15 bits per heavy atom. The number of anilines is 2. The molecule has 4 rings (SSSR count). The number of ether oxygens (including phenoxy) is 1. The molecule has 136 valence electrons. The minimum atomic E-state index is -0.680. The van der Waals surface area contributed by atoms with Gasteiger partial charge in [-0.3, -0.25) is 4.79 Å². The molecule has 1 aromatic carbocycles. The second-order valence-electron chi connectivity index (χ2n) is 6.42. The number of hydrogen-bond donors (Lipinski definition) is 0. The highest BCUT2D eigenvalue weighted by Crippen LogP contribution is 2.32. The topological polar surface area (TPSA) is 45.7 Å². The molecule has 2 aromatic rings. The Morgan fingerprint density at radius 2 is 1.96 bits per heavy atom. The van der Waals surface area contributed by atoms with Gasteiger partial charge >= 0.3 is 0 Å². The van der Waals surface area contributed by atoms with Crippen molar-refractivity contribution in [1.29, 1.82) is 0 Å². The molecule has 3 heterocycles. The van der Waals surface area contributed by atoms with Crippen LogP contribution in [0.3, 0.4) is 0 Å². The first-order valence-corrected chi connectivity index (χ1v) is 8.72. The van der Waals surface area contributed by atoms with E-state index in [2.05, 4.69) is 4.98 Å². The molecule has 0 spiro atoms. The van der Waals surface area contributed by atoms with Gasteiger partial charge in [0, 0.05) is 37.5 Å². The van der Waals surface area contributed by atoms with Gasteiger partial charge in [-0.05, 0) is 31.0 Å². The van der Waals surface area contributed by atoms with Gasteiger partial charge in [0.05, 0.1) is 24.5 Å². The van der Waals surface area contributed by atoms with Crippen molar-refractivity contribution in [2.45, 2.75) is 12.8 Å². The first kappa shape index (κ1) is 16.9. The van der Waals surface area contributed by atoms with Gasteiger partial charge < -0.3 is 14.5 Å². The van der Waals surface area contributed by atoms with Crippen molar-refractivity contribution < 1.29 is 18.3 Å². The molecule has 0 radical (unpaired) electrons. The fraction of sp³-hybridized carbons (Fsp3) is 0.368. The van der Waals surface area contributed by atoms with E-state index in [1.165, 1.54) is 11.0 Å². The SMILES string of the molecule is O=C(c1cccnc1N1CCOCC1)N1CCCc2c(F)cc(F)cc21. The molecule has 0 N–H and O–H groups in total. The minimum absolute atomic E-state index is 0.287. The van der Waals surface area contributed by atoms with Crippen LogP contribution in [0.4, 0.5) is 20.3 Å². The van der Waals surface area contributed by atoms with Crippen molar-refractivity contribution in [3.63, 3.8) is 0 Å². The molecule has 0 bridgehead atoms. The lowest BCUT2D eigenvalue weighted by Crippen LogP contribution is -2.40. The Labute approximate surface area is 150 Å². The van der Waals surface area contributed by atoms with Crippen LogP contribution in [0, 0.1) is 11.6 Å². The first-order valence-electron chi connectivity index (χ1n) is 8.72. The van der Waals surface area contributed by atoms with Crippen LogP contribution < -0.4 is 9.80 Å². The summed E-state index contributed by atoms with van der Waals surface area (Å²) in [6.45, 7) is 2.88. The summed E-state index contributed by atoms with van der Waals surface area (Å²) in [5, 5.41) is 0. The zero-order valence-corrected chi connectivity index (χ0v) is 14.3. The Hall–Kier alpha value is -2.54. The maximum Gasteiger partial charge on any atom is 0.262 e. The van der Waals surface area contributed by atoms with Crippen molar-refractivity contribution in [2.75, 3.05) is 42.6 Å². The maximum atomic E-state index is 14.1. The molecular weight excluding hydrogens is 340 g/mol. The Balaban J connectivity index is 1.72. The van der Waals surface area contributed by atoms with Gasteiger partial charge in [0.2, 0.25) is 0 Å². The number of morpholine rings is 1. The zero-order chi connectivity index (χ0) is 18.1. The Kier molecular flexibility index (Phi) is 4.55. The van der Waals surface area contributed by atoms with Crippen LogP contribution in [-0.4, -0.2) is 43.7 Å². The number of carbonyl (C=O) groups is 1. The second kappa shape index (κ2) is 6.99. The van der Waals surface area contributed by atoms with Gasteiger partial charge in [0.15, 0.2) is 0 Å². The molecule has 0 aliphatic carbocycles. The van der Waals surface area contributed by atoms with Crippen molar-refractivity contribution in [3.05, 3.63) is 53.2 Å². The molecule has 1 fully saturated rings. The zero-order valence-electron chi connectivity index (χ0n) is 14.3. The molecule has 0 atom stereocenters. The second-order valence-corrected chi connectivity index (χ2v) is 6.42. The molecule has 26 heavy (non-hydrogen) atoms. The van der Waals surface area contributed by atoms with Crippen molar-refractivity contribution in [2.24, 2.45) is 0 Å². The van der Waals surface area contributed by atoms with E-state index >= 15 is 0 Å². The minimum Gasteiger partial charge on any atom is -0.378 e. The molecule has 1 amide bonds. The summed E-state index contributed by atoms with van der Waals surface area (Å²) in [4.78, 5) is 21.1. The highest BCUT2D eigenvalue weighted by molar-refractivity contribution is 6.09. The first-order chi connectivity index (χ1) is 12.6. The van der Waals surface area contributed by atoms with E-state index in [0.717, 1.165) is 6.07 Å². The largest absolute Gasteiger partial charge is 0.378 e. The van der Waals surface area contributed by atoms with Crippen LogP contribution in [0.25, 0.3) is 0 Å². The number of hydrogen-bond acceptors (Lipinski definition) is 4. The number of halogens is 2. The van der Waals surface area contributed by atoms with Crippen molar-refractivity contribution >= 4 is 17.4 Å². The van der Waals surface area contributed by atoms with Gasteiger partial charge in [-0.2, -0.15) is 0 Å². The van der Waals surface area contributed by atoms with E-state index < -0.39 is 11.6 Å². The molecule has 7 heteroatoms. The summed E-state index contributed by atoms with van der Waals surface area (Å²) < 4.78 is 33.2. The highest BCUT2D eigenvalue weighted by atomic mass is 19.1. The van der Waals surface area contributed by atoms with E-state index in [0.29, 0.717) is 68.3 Å². The molecule has 0 unspecified atom stereocenters. The van der Waals surface area contributed by atoms with Crippen LogP contribution in [0.5, 0.6) is 0 Å². The monoisotopic (exact) mass is 359 g/mol. The summed E-state index contributed by atoms with van der Waals surface area (Å²) in [6, 6.07) is 5.52. The molecule has 2 aliphatic heterocycles. The third kappa shape index (κ3) is 3.03. The lowest BCUT2D eigenvalue weighted by Gasteiger charge is -2.32.